The first kappa shape index (κ1) is 17.9. The van der Waals surface area contributed by atoms with Crippen LogP contribution in [0.4, 0.5) is 0 Å². The van der Waals surface area contributed by atoms with Crippen molar-refractivity contribution in [3.63, 3.8) is 0 Å². The Morgan fingerprint density at radius 1 is 1.11 bits per heavy atom. The van der Waals surface area contributed by atoms with Gasteiger partial charge in [-0.2, -0.15) is 5.10 Å². The summed E-state index contributed by atoms with van der Waals surface area (Å²) in [5.41, 5.74) is 4.54. The van der Waals surface area contributed by atoms with E-state index in [1.807, 2.05) is 12.1 Å². The second-order valence-corrected chi connectivity index (χ2v) is 7.38. The van der Waals surface area contributed by atoms with Crippen molar-refractivity contribution in [3.05, 3.63) is 86.0 Å². The van der Waals surface area contributed by atoms with Crippen LogP contribution in [-0.4, -0.2) is 14.8 Å². The first-order valence-electron chi connectivity index (χ1n) is 8.79. The summed E-state index contributed by atoms with van der Waals surface area (Å²) < 4.78 is 8.00. The van der Waals surface area contributed by atoms with Crippen LogP contribution in [0.15, 0.2) is 58.1 Å². The zero-order valence-electron chi connectivity index (χ0n) is 14.7. The van der Waals surface area contributed by atoms with Gasteiger partial charge in [-0.1, -0.05) is 18.2 Å². The first-order chi connectivity index (χ1) is 13.2. The van der Waals surface area contributed by atoms with E-state index in [1.54, 1.807) is 12.4 Å². The van der Waals surface area contributed by atoms with E-state index in [9.17, 15) is 4.79 Å². The van der Waals surface area contributed by atoms with Crippen molar-refractivity contribution in [3.8, 4) is 5.75 Å². The van der Waals surface area contributed by atoms with Crippen LogP contribution in [0.1, 0.15) is 22.4 Å². The van der Waals surface area contributed by atoms with Crippen molar-refractivity contribution in [1.82, 2.24) is 20.1 Å². The number of pyridine rings is 1. The van der Waals surface area contributed by atoms with Gasteiger partial charge in [-0.15, -0.1) is 0 Å². The Balaban J connectivity index is 1.36. The maximum atomic E-state index is 12.3. The molecule has 1 aliphatic rings. The molecule has 0 unspecified atom stereocenters. The number of hydrogen-bond acceptors (Lipinski definition) is 5. The van der Waals surface area contributed by atoms with Gasteiger partial charge in [-0.25, -0.2) is 4.68 Å². The standard InChI is InChI=1S/C20H19BrN4O2/c21-17-3-4-18(23-11-17)13-27-19-8-20(26)25(24-12-19)6-5-14-1-2-15-9-22-10-16(15)7-14/h1-4,7-8,11-12,22H,5-6,9-10,13H2. The minimum absolute atomic E-state index is 0.168. The van der Waals surface area contributed by atoms with Gasteiger partial charge >= 0.3 is 0 Å². The molecule has 0 aliphatic carbocycles. The molecule has 7 heteroatoms. The predicted octanol–water partition coefficient (Wildman–Crippen LogP) is 2.83. The largest absolute Gasteiger partial charge is 0.485 e. The highest BCUT2D eigenvalue weighted by molar-refractivity contribution is 9.10. The highest BCUT2D eigenvalue weighted by Gasteiger charge is 2.10. The summed E-state index contributed by atoms with van der Waals surface area (Å²) in [6.45, 7) is 2.69. The highest BCUT2D eigenvalue weighted by atomic mass is 79.9. The second-order valence-electron chi connectivity index (χ2n) is 6.47. The van der Waals surface area contributed by atoms with Gasteiger partial charge in [-0.3, -0.25) is 9.78 Å². The number of benzene rings is 1. The second kappa shape index (κ2) is 8.02. The van der Waals surface area contributed by atoms with Crippen LogP contribution in [0, 0.1) is 0 Å². The number of rotatable bonds is 6. The van der Waals surface area contributed by atoms with Crippen molar-refractivity contribution in [1.29, 1.82) is 0 Å². The lowest BCUT2D eigenvalue weighted by Gasteiger charge is -2.08. The highest BCUT2D eigenvalue weighted by Crippen LogP contribution is 2.17. The molecule has 0 radical (unpaired) electrons. The van der Waals surface area contributed by atoms with Crippen molar-refractivity contribution in [2.45, 2.75) is 32.7 Å². The van der Waals surface area contributed by atoms with E-state index >= 15 is 0 Å². The fourth-order valence-electron chi connectivity index (χ4n) is 3.05. The molecule has 1 N–H and O–H groups in total. The molecule has 1 aromatic carbocycles. The van der Waals surface area contributed by atoms with Gasteiger partial charge in [0, 0.05) is 36.4 Å². The van der Waals surface area contributed by atoms with Crippen molar-refractivity contribution in [2.75, 3.05) is 0 Å². The monoisotopic (exact) mass is 426 g/mol. The Kier molecular flexibility index (Phi) is 5.31. The van der Waals surface area contributed by atoms with Crippen molar-refractivity contribution >= 4 is 15.9 Å². The van der Waals surface area contributed by atoms with E-state index in [0.29, 0.717) is 18.9 Å². The molecule has 2 aromatic heterocycles. The molecule has 0 bridgehead atoms. The average molecular weight is 427 g/mol. The molecule has 0 amide bonds. The van der Waals surface area contributed by atoms with Crippen molar-refractivity contribution in [2.24, 2.45) is 0 Å². The third kappa shape index (κ3) is 4.43. The number of aryl methyl sites for hydroxylation is 2. The number of halogens is 1. The minimum Gasteiger partial charge on any atom is -0.485 e. The summed E-state index contributed by atoms with van der Waals surface area (Å²) in [5, 5.41) is 7.57. The fourth-order valence-corrected chi connectivity index (χ4v) is 3.29. The molecular formula is C20H19BrN4O2. The number of hydrogen-bond donors (Lipinski definition) is 1. The van der Waals surface area contributed by atoms with Crippen LogP contribution >= 0.6 is 15.9 Å². The van der Waals surface area contributed by atoms with E-state index in [0.717, 1.165) is 29.7 Å². The van der Waals surface area contributed by atoms with Crippen LogP contribution in [0.3, 0.4) is 0 Å². The number of ether oxygens (including phenoxy) is 1. The van der Waals surface area contributed by atoms with E-state index in [-0.39, 0.29) is 5.56 Å². The molecule has 3 heterocycles. The molecule has 138 valence electrons. The van der Waals surface area contributed by atoms with Crippen LogP contribution < -0.4 is 15.6 Å². The number of nitrogens with one attached hydrogen (secondary N) is 1. The first-order valence-corrected chi connectivity index (χ1v) is 9.58. The molecule has 3 aromatic rings. The van der Waals surface area contributed by atoms with E-state index < -0.39 is 0 Å². The quantitative estimate of drug-likeness (QED) is 0.656. The van der Waals surface area contributed by atoms with Gasteiger partial charge in [0.1, 0.15) is 12.4 Å². The summed E-state index contributed by atoms with van der Waals surface area (Å²) in [4.78, 5) is 16.5. The van der Waals surface area contributed by atoms with Crippen LogP contribution in [0.25, 0.3) is 0 Å². The predicted molar refractivity (Wildman–Crippen MR) is 105 cm³/mol. The zero-order chi connectivity index (χ0) is 18.6. The third-order valence-electron chi connectivity index (χ3n) is 4.53. The smallest absolute Gasteiger partial charge is 0.270 e. The Bertz CT molecular complexity index is 1000. The lowest BCUT2D eigenvalue weighted by Crippen LogP contribution is -2.23. The maximum absolute atomic E-state index is 12.3. The zero-order valence-corrected chi connectivity index (χ0v) is 16.3. The number of nitrogens with zero attached hydrogens (tertiary/aromatic N) is 3. The summed E-state index contributed by atoms with van der Waals surface area (Å²) >= 11 is 3.34. The van der Waals surface area contributed by atoms with Gasteiger partial charge in [0.05, 0.1) is 11.9 Å². The van der Waals surface area contributed by atoms with Gasteiger partial charge < -0.3 is 10.1 Å². The van der Waals surface area contributed by atoms with E-state index in [1.165, 1.54) is 27.4 Å². The van der Waals surface area contributed by atoms with Crippen LogP contribution in [-0.2, 0) is 32.7 Å². The fraction of sp³-hybridized carbons (Fsp3) is 0.250. The molecule has 0 atom stereocenters. The molecule has 0 saturated carbocycles. The van der Waals surface area contributed by atoms with Crippen LogP contribution in [0.2, 0.25) is 0 Å². The van der Waals surface area contributed by atoms with Gasteiger partial charge in [0.15, 0.2) is 0 Å². The lowest BCUT2D eigenvalue weighted by atomic mass is 10.0. The molecule has 1 aliphatic heterocycles. The average Bonchev–Trinajstić information content (AvgIpc) is 3.14. The minimum atomic E-state index is -0.168. The Hall–Kier alpha value is -2.51. The van der Waals surface area contributed by atoms with E-state index in [2.05, 4.69) is 49.5 Å². The Morgan fingerprint density at radius 2 is 2.00 bits per heavy atom. The number of aromatic nitrogens is 3. The van der Waals surface area contributed by atoms with Crippen LogP contribution in [0.5, 0.6) is 5.75 Å². The third-order valence-corrected chi connectivity index (χ3v) is 5.00. The SMILES string of the molecule is O=c1cc(OCc2ccc(Br)cn2)cnn1CCc1ccc2c(c1)CNC2. The molecule has 6 nitrogen and oxygen atoms in total. The summed E-state index contributed by atoms with van der Waals surface area (Å²) in [5.74, 6) is 0.449. The molecule has 4 rings (SSSR count). The molecular weight excluding hydrogens is 408 g/mol. The normalized spacial score (nSPS) is 12.8. The molecule has 0 fully saturated rings. The summed E-state index contributed by atoms with van der Waals surface area (Å²) in [6.07, 6.45) is 4.06. The molecule has 27 heavy (non-hydrogen) atoms. The number of fused-ring (bicyclic) bond motifs is 1. The summed E-state index contributed by atoms with van der Waals surface area (Å²) in [6, 6.07) is 11.7. The van der Waals surface area contributed by atoms with E-state index in [4.69, 9.17) is 4.74 Å². The molecule has 0 spiro atoms. The Labute approximate surface area is 165 Å². The van der Waals surface area contributed by atoms with Gasteiger partial charge in [-0.05, 0) is 51.2 Å². The Morgan fingerprint density at radius 3 is 2.81 bits per heavy atom. The lowest BCUT2D eigenvalue weighted by molar-refractivity contribution is 0.297. The molecule has 0 saturated heterocycles. The van der Waals surface area contributed by atoms with Crippen molar-refractivity contribution < 1.29 is 4.74 Å². The maximum Gasteiger partial charge on any atom is 0.270 e. The topological polar surface area (TPSA) is 69.0 Å². The summed E-state index contributed by atoms with van der Waals surface area (Å²) in [7, 11) is 0. The van der Waals surface area contributed by atoms with Gasteiger partial charge in [0.2, 0.25) is 0 Å². The van der Waals surface area contributed by atoms with Gasteiger partial charge in [0.25, 0.3) is 5.56 Å².